The van der Waals surface area contributed by atoms with E-state index in [2.05, 4.69) is 44.5 Å². The first-order valence-electron chi connectivity index (χ1n) is 5.96. The monoisotopic (exact) mass is 302 g/mol. The van der Waals surface area contributed by atoms with E-state index in [1.165, 1.54) is 41.8 Å². The molecule has 1 aliphatic heterocycles. The summed E-state index contributed by atoms with van der Waals surface area (Å²) < 4.78 is 1.20. The maximum atomic E-state index is 3.66. The standard InChI is InChI=1S/C12H19BrN2S/c1-2-15-5-3-11(4-6-15)14-8-12-7-10(13)9-16-12/h7,9,11,14H,2-6,8H2,1H3. The molecular formula is C12H19BrN2S. The molecule has 0 unspecified atom stereocenters. The molecule has 0 amide bonds. The summed E-state index contributed by atoms with van der Waals surface area (Å²) in [4.78, 5) is 3.95. The van der Waals surface area contributed by atoms with Crippen LogP contribution in [0.4, 0.5) is 0 Å². The lowest BCUT2D eigenvalue weighted by atomic mass is 10.1. The van der Waals surface area contributed by atoms with Crippen molar-refractivity contribution in [2.45, 2.75) is 32.4 Å². The maximum Gasteiger partial charge on any atom is 0.0302 e. The van der Waals surface area contributed by atoms with Crippen molar-refractivity contribution < 1.29 is 0 Å². The van der Waals surface area contributed by atoms with Crippen LogP contribution in [0.1, 0.15) is 24.6 Å². The average Bonchev–Trinajstić information content (AvgIpc) is 2.73. The van der Waals surface area contributed by atoms with E-state index in [4.69, 9.17) is 0 Å². The van der Waals surface area contributed by atoms with Gasteiger partial charge in [-0.15, -0.1) is 11.3 Å². The van der Waals surface area contributed by atoms with Crippen LogP contribution in [0.25, 0.3) is 0 Å². The zero-order chi connectivity index (χ0) is 11.4. The third kappa shape index (κ3) is 3.55. The van der Waals surface area contributed by atoms with E-state index in [9.17, 15) is 0 Å². The molecule has 0 spiro atoms. The quantitative estimate of drug-likeness (QED) is 0.919. The van der Waals surface area contributed by atoms with Gasteiger partial charge in [0, 0.05) is 27.3 Å². The summed E-state index contributed by atoms with van der Waals surface area (Å²) in [6, 6.07) is 2.92. The molecule has 0 radical (unpaired) electrons. The van der Waals surface area contributed by atoms with Gasteiger partial charge in [0.1, 0.15) is 0 Å². The predicted octanol–water partition coefficient (Wildman–Crippen LogP) is 3.08. The van der Waals surface area contributed by atoms with Crippen molar-refractivity contribution >= 4 is 27.3 Å². The molecule has 16 heavy (non-hydrogen) atoms. The van der Waals surface area contributed by atoms with Crippen LogP contribution in [0.5, 0.6) is 0 Å². The molecule has 0 saturated carbocycles. The van der Waals surface area contributed by atoms with E-state index in [0.717, 1.165) is 6.54 Å². The van der Waals surface area contributed by atoms with Crippen LogP contribution in [0.15, 0.2) is 15.9 Å². The van der Waals surface area contributed by atoms with Crippen LogP contribution >= 0.6 is 27.3 Å². The Morgan fingerprint density at radius 3 is 2.81 bits per heavy atom. The molecule has 1 aliphatic rings. The third-order valence-electron chi connectivity index (χ3n) is 3.22. The normalized spacial score (nSPS) is 19.1. The second-order valence-corrected chi connectivity index (χ2v) is 6.23. The van der Waals surface area contributed by atoms with E-state index in [-0.39, 0.29) is 0 Å². The van der Waals surface area contributed by atoms with E-state index in [1.54, 1.807) is 0 Å². The van der Waals surface area contributed by atoms with Crippen molar-refractivity contribution in [2.24, 2.45) is 0 Å². The summed E-state index contributed by atoms with van der Waals surface area (Å²) >= 11 is 5.31. The molecule has 1 aromatic rings. The summed E-state index contributed by atoms with van der Waals surface area (Å²) in [6.07, 6.45) is 2.58. The van der Waals surface area contributed by atoms with Gasteiger partial charge >= 0.3 is 0 Å². The number of nitrogens with one attached hydrogen (secondary N) is 1. The molecule has 0 atom stereocenters. The zero-order valence-corrected chi connectivity index (χ0v) is 12.1. The number of rotatable bonds is 4. The van der Waals surface area contributed by atoms with Gasteiger partial charge in [-0.3, -0.25) is 0 Å². The number of halogens is 1. The van der Waals surface area contributed by atoms with Crippen molar-refractivity contribution in [1.29, 1.82) is 0 Å². The summed E-state index contributed by atoms with van der Waals surface area (Å²) in [5.41, 5.74) is 0. The summed E-state index contributed by atoms with van der Waals surface area (Å²) in [5.74, 6) is 0. The highest BCUT2D eigenvalue weighted by molar-refractivity contribution is 9.10. The van der Waals surface area contributed by atoms with Crippen molar-refractivity contribution in [1.82, 2.24) is 10.2 Å². The fourth-order valence-corrected chi connectivity index (χ4v) is 3.55. The Bertz CT molecular complexity index is 319. The SMILES string of the molecule is CCN1CCC(NCc2cc(Br)cs2)CC1. The van der Waals surface area contributed by atoms with E-state index in [0.29, 0.717) is 6.04 Å². The Balaban J connectivity index is 1.71. The van der Waals surface area contributed by atoms with Crippen molar-refractivity contribution in [3.05, 3.63) is 20.8 Å². The van der Waals surface area contributed by atoms with E-state index >= 15 is 0 Å². The molecule has 2 heterocycles. The number of thiophene rings is 1. The van der Waals surface area contributed by atoms with Crippen molar-refractivity contribution in [3.8, 4) is 0 Å². The molecule has 1 saturated heterocycles. The molecule has 0 bridgehead atoms. The Hall–Kier alpha value is 0.1000. The van der Waals surface area contributed by atoms with Crippen molar-refractivity contribution in [2.75, 3.05) is 19.6 Å². The average molecular weight is 303 g/mol. The smallest absolute Gasteiger partial charge is 0.0302 e. The lowest BCUT2D eigenvalue weighted by molar-refractivity contribution is 0.206. The van der Waals surface area contributed by atoms with Crippen LogP contribution in [0.2, 0.25) is 0 Å². The number of nitrogens with zero attached hydrogens (tertiary/aromatic N) is 1. The van der Waals surface area contributed by atoms with Crippen LogP contribution in [-0.2, 0) is 6.54 Å². The first-order chi connectivity index (χ1) is 7.78. The molecule has 4 heteroatoms. The highest BCUT2D eigenvalue weighted by Gasteiger charge is 2.17. The van der Waals surface area contributed by atoms with Gasteiger partial charge in [-0.2, -0.15) is 0 Å². The number of hydrogen-bond acceptors (Lipinski definition) is 3. The number of piperidine rings is 1. The minimum absolute atomic E-state index is 0.712. The highest BCUT2D eigenvalue weighted by Crippen LogP contribution is 2.20. The van der Waals surface area contributed by atoms with Crippen molar-refractivity contribution in [3.63, 3.8) is 0 Å². The Morgan fingerprint density at radius 1 is 1.50 bits per heavy atom. The second-order valence-electron chi connectivity index (χ2n) is 4.32. The second kappa shape index (κ2) is 6.15. The molecule has 2 nitrogen and oxygen atoms in total. The predicted molar refractivity (Wildman–Crippen MR) is 74.0 cm³/mol. The highest BCUT2D eigenvalue weighted by atomic mass is 79.9. The van der Waals surface area contributed by atoms with Gasteiger partial charge in [-0.05, 0) is 54.5 Å². The first-order valence-corrected chi connectivity index (χ1v) is 7.64. The lowest BCUT2D eigenvalue weighted by Gasteiger charge is -2.31. The summed E-state index contributed by atoms with van der Waals surface area (Å²) in [5, 5.41) is 5.81. The van der Waals surface area contributed by atoms with Crippen LogP contribution < -0.4 is 5.32 Å². The van der Waals surface area contributed by atoms with Crippen LogP contribution in [0.3, 0.4) is 0 Å². The summed E-state index contributed by atoms with van der Waals surface area (Å²) in [7, 11) is 0. The van der Waals surface area contributed by atoms with Gasteiger partial charge in [-0.1, -0.05) is 6.92 Å². The largest absolute Gasteiger partial charge is 0.309 e. The van der Waals surface area contributed by atoms with Gasteiger partial charge in [0.05, 0.1) is 0 Å². The first kappa shape index (κ1) is 12.6. The molecule has 1 aromatic heterocycles. The Labute approximate surface area is 110 Å². The molecule has 1 N–H and O–H groups in total. The van der Waals surface area contributed by atoms with Gasteiger partial charge in [0.15, 0.2) is 0 Å². The minimum Gasteiger partial charge on any atom is -0.309 e. The van der Waals surface area contributed by atoms with E-state index in [1.807, 2.05) is 11.3 Å². The molecular weight excluding hydrogens is 284 g/mol. The number of hydrogen-bond donors (Lipinski definition) is 1. The van der Waals surface area contributed by atoms with Gasteiger partial charge < -0.3 is 10.2 Å². The molecule has 1 fully saturated rings. The molecule has 0 aromatic carbocycles. The van der Waals surface area contributed by atoms with Crippen LogP contribution in [-0.4, -0.2) is 30.6 Å². The fourth-order valence-electron chi connectivity index (χ4n) is 2.14. The third-order valence-corrected chi connectivity index (χ3v) is 4.92. The molecule has 0 aliphatic carbocycles. The summed E-state index contributed by atoms with van der Waals surface area (Å²) in [6.45, 7) is 6.97. The molecule has 90 valence electrons. The lowest BCUT2D eigenvalue weighted by Crippen LogP contribution is -2.41. The number of likely N-dealkylation sites (tertiary alicyclic amines) is 1. The van der Waals surface area contributed by atoms with E-state index < -0.39 is 0 Å². The Morgan fingerprint density at radius 2 is 2.25 bits per heavy atom. The Kier molecular flexibility index (Phi) is 4.82. The van der Waals surface area contributed by atoms with Gasteiger partial charge in [0.25, 0.3) is 0 Å². The topological polar surface area (TPSA) is 15.3 Å². The molecule has 2 rings (SSSR count). The van der Waals surface area contributed by atoms with Crippen LogP contribution in [0, 0.1) is 0 Å². The zero-order valence-electron chi connectivity index (χ0n) is 9.71. The minimum atomic E-state index is 0.712. The van der Waals surface area contributed by atoms with Gasteiger partial charge in [0.2, 0.25) is 0 Å². The maximum absolute atomic E-state index is 3.66. The van der Waals surface area contributed by atoms with Gasteiger partial charge in [-0.25, -0.2) is 0 Å². The fraction of sp³-hybridized carbons (Fsp3) is 0.667.